The first-order valence-corrected chi connectivity index (χ1v) is 11.8. The van der Waals surface area contributed by atoms with E-state index in [0.29, 0.717) is 15.5 Å². The summed E-state index contributed by atoms with van der Waals surface area (Å²) in [5, 5.41) is 6.17. The maximum absolute atomic E-state index is 13.1. The molecule has 156 valence electrons. The highest BCUT2D eigenvalue weighted by Crippen LogP contribution is 2.31. The molecule has 0 saturated carbocycles. The van der Waals surface area contributed by atoms with Crippen LogP contribution in [0.25, 0.3) is 0 Å². The molecular formula is C21H19ClN2O4S2. The second kappa shape index (κ2) is 9.88. The van der Waals surface area contributed by atoms with Crippen LogP contribution in [0, 0.1) is 0 Å². The van der Waals surface area contributed by atoms with Gasteiger partial charge in [0.05, 0.1) is 4.90 Å². The first-order valence-electron chi connectivity index (χ1n) is 9.01. The molecule has 0 aliphatic heterocycles. The highest BCUT2D eigenvalue weighted by molar-refractivity contribution is 7.91. The lowest BCUT2D eigenvalue weighted by molar-refractivity contribution is -0.139. The van der Waals surface area contributed by atoms with Gasteiger partial charge in [-0.3, -0.25) is 9.59 Å². The number of amides is 2. The van der Waals surface area contributed by atoms with Crippen LogP contribution in [0.15, 0.2) is 77.0 Å². The van der Waals surface area contributed by atoms with Crippen LogP contribution in [-0.2, 0) is 26.0 Å². The minimum absolute atomic E-state index is 0.0859. The minimum atomic E-state index is -3.76. The summed E-state index contributed by atoms with van der Waals surface area (Å²) in [4.78, 5) is 25.1. The number of rotatable bonds is 7. The number of sulfone groups is 1. The normalized spacial score (nSPS) is 12.2. The van der Waals surface area contributed by atoms with Crippen molar-refractivity contribution in [3.63, 3.8) is 0 Å². The quantitative estimate of drug-likeness (QED) is 0.526. The van der Waals surface area contributed by atoms with Gasteiger partial charge in [0.1, 0.15) is 5.25 Å². The molecule has 0 aliphatic carbocycles. The predicted molar refractivity (Wildman–Crippen MR) is 117 cm³/mol. The lowest BCUT2D eigenvalue weighted by Crippen LogP contribution is -2.42. The molecule has 0 spiro atoms. The predicted octanol–water partition coefficient (Wildman–Crippen LogP) is 3.35. The van der Waals surface area contributed by atoms with Crippen LogP contribution in [0.4, 0.5) is 0 Å². The van der Waals surface area contributed by atoms with Gasteiger partial charge in [-0.25, -0.2) is 8.42 Å². The van der Waals surface area contributed by atoms with Gasteiger partial charge in [0.25, 0.3) is 0 Å². The summed E-state index contributed by atoms with van der Waals surface area (Å²) in [6, 6.07) is 18.4. The summed E-state index contributed by atoms with van der Waals surface area (Å²) in [7, 11) is -3.76. The Morgan fingerprint density at radius 2 is 1.57 bits per heavy atom. The SMILES string of the molecule is O=C(NCc1ccccc1Cl)C(=O)NCC(c1cccs1)S(=O)(=O)c1ccccc1. The Hall–Kier alpha value is -2.68. The molecule has 3 aromatic rings. The van der Waals surface area contributed by atoms with E-state index in [2.05, 4.69) is 10.6 Å². The number of benzene rings is 2. The lowest BCUT2D eigenvalue weighted by atomic mass is 10.2. The fourth-order valence-corrected chi connectivity index (χ4v) is 5.78. The Bertz CT molecular complexity index is 1120. The third kappa shape index (κ3) is 5.27. The summed E-state index contributed by atoms with van der Waals surface area (Å²) in [5.74, 6) is -1.77. The van der Waals surface area contributed by atoms with Crippen molar-refractivity contribution >= 4 is 44.6 Å². The molecule has 2 aromatic carbocycles. The number of thiophene rings is 1. The summed E-state index contributed by atoms with van der Waals surface area (Å²) < 4.78 is 26.2. The average molecular weight is 463 g/mol. The molecule has 0 aliphatic rings. The molecule has 6 nitrogen and oxygen atoms in total. The van der Waals surface area contributed by atoms with E-state index in [1.54, 1.807) is 60.0 Å². The molecule has 1 aromatic heterocycles. The summed E-state index contributed by atoms with van der Waals surface area (Å²) >= 11 is 7.31. The zero-order chi connectivity index (χ0) is 21.6. The summed E-state index contributed by atoms with van der Waals surface area (Å²) in [6.07, 6.45) is 0. The van der Waals surface area contributed by atoms with Gasteiger partial charge < -0.3 is 10.6 Å². The van der Waals surface area contributed by atoms with Gasteiger partial charge in [0.2, 0.25) is 0 Å². The van der Waals surface area contributed by atoms with Crippen molar-refractivity contribution in [3.8, 4) is 0 Å². The molecule has 2 amide bonds. The van der Waals surface area contributed by atoms with Crippen molar-refractivity contribution < 1.29 is 18.0 Å². The van der Waals surface area contributed by atoms with Crippen LogP contribution in [0.5, 0.6) is 0 Å². The zero-order valence-corrected chi connectivity index (χ0v) is 18.1. The lowest BCUT2D eigenvalue weighted by Gasteiger charge is -2.17. The van der Waals surface area contributed by atoms with Gasteiger partial charge in [-0.15, -0.1) is 11.3 Å². The van der Waals surface area contributed by atoms with E-state index in [4.69, 9.17) is 11.6 Å². The molecule has 0 radical (unpaired) electrons. The van der Waals surface area contributed by atoms with Crippen molar-refractivity contribution in [2.75, 3.05) is 6.54 Å². The third-order valence-electron chi connectivity index (χ3n) is 4.36. The van der Waals surface area contributed by atoms with Gasteiger partial charge in [0.15, 0.2) is 9.84 Å². The molecule has 1 atom stereocenters. The topological polar surface area (TPSA) is 92.3 Å². The second-order valence-corrected chi connectivity index (χ2v) is 9.86. The van der Waals surface area contributed by atoms with Crippen LogP contribution < -0.4 is 10.6 Å². The van der Waals surface area contributed by atoms with Crippen molar-refractivity contribution in [1.82, 2.24) is 10.6 Å². The second-order valence-electron chi connectivity index (χ2n) is 6.35. The molecule has 0 fully saturated rings. The van der Waals surface area contributed by atoms with Crippen LogP contribution in [0.3, 0.4) is 0 Å². The number of hydrogen-bond donors (Lipinski definition) is 2. The average Bonchev–Trinajstić information content (AvgIpc) is 3.27. The van der Waals surface area contributed by atoms with E-state index in [1.165, 1.54) is 23.5 Å². The van der Waals surface area contributed by atoms with E-state index >= 15 is 0 Å². The van der Waals surface area contributed by atoms with Crippen LogP contribution in [-0.4, -0.2) is 26.8 Å². The number of nitrogens with one attached hydrogen (secondary N) is 2. The van der Waals surface area contributed by atoms with Gasteiger partial charge in [-0.05, 0) is 35.2 Å². The Morgan fingerprint density at radius 3 is 2.23 bits per heavy atom. The minimum Gasteiger partial charge on any atom is -0.346 e. The Kier molecular flexibility index (Phi) is 7.25. The van der Waals surface area contributed by atoms with Crippen LogP contribution in [0.1, 0.15) is 15.7 Å². The molecular weight excluding hydrogens is 444 g/mol. The maximum atomic E-state index is 13.1. The van der Waals surface area contributed by atoms with E-state index in [0.717, 1.165) is 0 Å². The van der Waals surface area contributed by atoms with E-state index in [9.17, 15) is 18.0 Å². The number of hydrogen-bond acceptors (Lipinski definition) is 5. The fraction of sp³-hybridized carbons (Fsp3) is 0.143. The molecule has 1 unspecified atom stereocenters. The van der Waals surface area contributed by atoms with Crippen molar-refractivity contribution in [3.05, 3.63) is 87.6 Å². The molecule has 3 rings (SSSR count). The highest BCUT2D eigenvalue weighted by atomic mass is 35.5. The van der Waals surface area contributed by atoms with E-state index < -0.39 is 26.9 Å². The molecule has 1 heterocycles. The summed E-state index contributed by atoms with van der Waals surface area (Å²) in [6.45, 7) is -0.140. The van der Waals surface area contributed by atoms with Gasteiger partial charge in [-0.2, -0.15) is 0 Å². The highest BCUT2D eigenvalue weighted by Gasteiger charge is 2.31. The van der Waals surface area contributed by atoms with E-state index in [1.807, 2.05) is 0 Å². The van der Waals surface area contributed by atoms with Gasteiger partial charge >= 0.3 is 11.8 Å². The largest absolute Gasteiger partial charge is 0.346 e. The van der Waals surface area contributed by atoms with E-state index in [-0.39, 0.29) is 18.0 Å². The molecule has 0 bridgehead atoms. The first kappa shape index (κ1) is 22.0. The third-order valence-corrected chi connectivity index (χ3v) is 7.96. The molecule has 30 heavy (non-hydrogen) atoms. The Morgan fingerprint density at radius 1 is 0.900 bits per heavy atom. The monoisotopic (exact) mass is 462 g/mol. The standard InChI is InChI=1S/C21H19ClN2O4S2/c22-17-10-5-4-7-15(17)13-23-20(25)21(26)24-14-19(18-11-6-12-29-18)30(27,28)16-8-2-1-3-9-16/h1-12,19H,13-14H2,(H,23,25)(H,24,26). The molecule has 9 heteroatoms. The van der Waals surface area contributed by atoms with Crippen molar-refractivity contribution in [1.29, 1.82) is 0 Å². The maximum Gasteiger partial charge on any atom is 0.309 e. The first-order chi connectivity index (χ1) is 14.4. The smallest absolute Gasteiger partial charge is 0.309 e. The zero-order valence-electron chi connectivity index (χ0n) is 15.7. The molecule has 2 N–H and O–H groups in total. The van der Waals surface area contributed by atoms with Crippen LogP contribution >= 0.6 is 22.9 Å². The Balaban J connectivity index is 1.68. The number of carbonyl (C=O) groups excluding carboxylic acids is 2. The number of carbonyl (C=O) groups is 2. The number of halogens is 1. The van der Waals surface area contributed by atoms with Crippen LogP contribution in [0.2, 0.25) is 5.02 Å². The fourth-order valence-electron chi connectivity index (χ4n) is 2.78. The van der Waals surface area contributed by atoms with Crippen molar-refractivity contribution in [2.24, 2.45) is 0 Å². The van der Waals surface area contributed by atoms with Gasteiger partial charge in [0, 0.05) is 23.0 Å². The Labute approximate surface area is 183 Å². The van der Waals surface area contributed by atoms with Crippen molar-refractivity contribution in [2.45, 2.75) is 16.7 Å². The summed E-state index contributed by atoms with van der Waals surface area (Å²) in [5.41, 5.74) is 0.670. The van der Waals surface area contributed by atoms with Gasteiger partial charge in [-0.1, -0.05) is 54.1 Å². The molecule has 0 saturated heterocycles.